The van der Waals surface area contributed by atoms with Crippen LogP contribution in [0.15, 0.2) is 133 Å². The Balaban J connectivity index is 1.41. The highest BCUT2D eigenvalue weighted by molar-refractivity contribution is 7.49. The molecule has 0 spiro atoms. The molecule has 9 nitrogen and oxygen atoms in total. The minimum absolute atomic E-state index is 0.0865. The first-order valence-corrected chi connectivity index (χ1v) is 16.1. The maximum Gasteiger partial charge on any atom is 0.646 e. The average Bonchev–Trinajstić information content (AvgIpc) is 3.28. The van der Waals surface area contributed by atoms with Gasteiger partial charge >= 0.3 is 13.8 Å². The van der Waals surface area contributed by atoms with E-state index in [1.807, 2.05) is 60.7 Å². The fourth-order valence-corrected chi connectivity index (χ4v) is 7.14. The maximum absolute atomic E-state index is 14.4. The molecule has 2 heterocycles. The second kappa shape index (κ2) is 12.6. The number of hydrogen-bond acceptors (Lipinski definition) is 8. The number of aliphatic hydroxyl groups is 1. The van der Waals surface area contributed by atoms with Gasteiger partial charge in [-0.1, -0.05) is 104 Å². The molecule has 4 atom stereocenters. The van der Waals surface area contributed by atoms with E-state index < -0.39 is 49.8 Å². The molecular weight excluding hydrogens is 593 g/mol. The Morgan fingerprint density at radius 2 is 1.20 bits per heavy atom. The minimum atomic E-state index is -4.53. The maximum atomic E-state index is 14.4. The number of fused-ring (bicyclic) bond motifs is 1. The van der Waals surface area contributed by atoms with Crippen molar-refractivity contribution in [3.05, 3.63) is 144 Å². The number of β-lactam (4-membered cyclic amide) rings is 1. The molecule has 1 amide bonds. The first-order valence-electron chi connectivity index (χ1n) is 14.6. The van der Waals surface area contributed by atoms with Crippen LogP contribution in [0, 0.1) is 11.8 Å². The summed E-state index contributed by atoms with van der Waals surface area (Å²) in [7, 11) is -4.53. The zero-order valence-electron chi connectivity index (χ0n) is 24.6. The number of hydrogen-bond donors (Lipinski definition) is 1. The Morgan fingerprint density at radius 1 is 0.756 bits per heavy atom. The standard InChI is InChI=1S/C35H32NO8P/c1-23-30-29(24(2)37)34(38)36(30)31(35(39)41-33(25-15-7-3-8-16-25)26-17-9-4-10-18-26)32(23)44-45(40,42-27-19-11-5-12-20-27)43-28-21-13-6-14-22-28/h3-24,29-30,33,37H,1-2H3/t23-,24-,29-,30+/m1/s1. The number of ether oxygens (including phenoxy) is 1. The van der Waals surface area contributed by atoms with Gasteiger partial charge in [-0.15, -0.1) is 0 Å². The van der Waals surface area contributed by atoms with E-state index in [0.717, 1.165) is 0 Å². The van der Waals surface area contributed by atoms with E-state index in [1.54, 1.807) is 67.6 Å². The van der Waals surface area contributed by atoms with Crippen molar-refractivity contribution in [2.45, 2.75) is 32.1 Å². The summed E-state index contributed by atoms with van der Waals surface area (Å²) in [6.45, 7) is 3.25. The molecule has 0 saturated carbocycles. The lowest BCUT2D eigenvalue weighted by molar-refractivity contribution is -0.165. The molecule has 10 heteroatoms. The smallest absolute Gasteiger partial charge is 0.448 e. The van der Waals surface area contributed by atoms with E-state index in [0.29, 0.717) is 11.1 Å². The zero-order chi connectivity index (χ0) is 31.6. The highest BCUT2D eigenvalue weighted by Crippen LogP contribution is 2.57. The van der Waals surface area contributed by atoms with Gasteiger partial charge in [-0.25, -0.2) is 4.79 Å². The number of esters is 1. The first kappa shape index (κ1) is 30.2. The molecule has 4 aromatic carbocycles. The van der Waals surface area contributed by atoms with Crippen molar-refractivity contribution in [1.82, 2.24) is 4.90 Å². The molecule has 0 aromatic heterocycles. The molecule has 2 aliphatic heterocycles. The summed E-state index contributed by atoms with van der Waals surface area (Å²) in [5.74, 6) is -2.46. The van der Waals surface area contributed by atoms with E-state index in [-0.39, 0.29) is 23.0 Å². The van der Waals surface area contributed by atoms with Crippen LogP contribution in [-0.2, 0) is 23.4 Å². The molecule has 0 unspecified atom stereocenters. The highest BCUT2D eigenvalue weighted by Gasteiger charge is 2.62. The van der Waals surface area contributed by atoms with Crippen molar-refractivity contribution in [1.29, 1.82) is 0 Å². The van der Waals surface area contributed by atoms with Gasteiger partial charge in [-0.3, -0.25) is 9.69 Å². The summed E-state index contributed by atoms with van der Waals surface area (Å²) in [6, 6.07) is 34.5. The van der Waals surface area contributed by atoms with Crippen LogP contribution in [0.25, 0.3) is 0 Å². The van der Waals surface area contributed by atoms with E-state index in [2.05, 4.69) is 0 Å². The van der Waals surface area contributed by atoms with Crippen LogP contribution < -0.4 is 9.05 Å². The topological polar surface area (TPSA) is 112 Å². The molecule has 1 fully saturated rings. The molecular formula is C35H32NO8P. The Kier molecular flexibility index (Phi) is 8.48. The third-order valence-electron chi connectivity index (χ3n) is 7.86. The molecule has 6 rings (SSSR count). The SMILES string of the molecule is C[C@@H](O)[C@H]1C(=O)N2C(C(=O)OC(c3ccccc3)c3ccccc3)=C(OP(=O)(Oc3ccccc3)Oc3ccccc3)[C@H](C)[C@@H]12. The summed E-state index contributed by atoms with van der Waals surface area (Å²) in [5, 5.41) is 10.5. The van der Waals surface area contributed by atoms with Crippen LogP contribution in [0.5, 0.6) is 11.5 Å². The van der Waals surface area contributed by atoms with Gasteiger partial charge in [0.2, 0.25) is 5.91 Å². The normalized spacial score (nSPS) is 19.9. The molecule has 1 N–H and O–H groups in total. The van der Waals surface area contributed by atoms with Crippen molar-refractivity contribution < 1.29 is 37.6 Å². The van der Waals surface area contributed by atoms with E-state index in [9.17, 15) is 19.3 Å². The van der Waals surface area contributed by atoms with E-state index in [1.165, 1.54) is 11.8 Å². The van der Waals surface area contributed by atoms with Gasteiger partial charge < -0.3 is 23.4 Å². The van der Waals surface area contributed by atoms with Crippen molar-refractivity contribution >= 4 is 19.7 Å². The second-order valence-electron chi connectivity index (χ2n) is 10.9. The Morgan fingerprint density at radius 3 is 1.64 bits per heavy atom. The molecule has 0 radical (unpaired) electrons. The lowest BCUT2D eigenvalue weighted by Crippen LogP contribution is -2.63. The van der Waals surface area contributed by atoms with Crippen LogP contribution in [0.1, 0.15) is 31.1 Å². The average molecular weight is 626 g/mol. The lowest BCUT2D eigenvalue weighted by atomic mass is 9.79. The number of carbonyl (C=O) groups excluding carboxylic acids is 2. The number of nitrogens with zero attached hydrogens (tertiary/aromatic N) is 1. The largest absolute Gasteiger partial charge is 0.646 e. The first-order chi connectivity index (χ1) is 21.8. The predicted molar refractivity (Wildman–Crippen MR) is 166 cm³/mol. The number of amides is 1. The number of aliphatic hydroxyl groups excluding tert-OH is 1. The van der Waals surface area contributed by atoms with Gasteiger partial charge in [0.25, 0.3) is 0 Å². The van der Waals surface area contributed by atoms with Gasteiger partial charge in [0.1, 0.15) is 17.3 Å². The fraction of sp³-hybridized carbons (Fsp3) is 0.200. The van der Waals surface area contributed by atoms with Crippen molar-refractivity contribution in [2.75, 3.05) is 0 Å². The highest BCUT2D eigenvalue weighted by atomic mass is 31.2. The van der Waals surface area contributed by atoms with Gasteiger partial charge in [-0.05, 0) is 42.3 Å². The number of phosphoric acid groups is 1. The Labute approximate surface area is 261 Å². The van der Waals surface area contributed by atoms with Crippen LogP contribution in [0.4, 0.5) is 0 Å². The summed E-state index contributed by atoms with van der Waals surface area (Å²) in [4.78, 5) is 28.9. The third kappa shape index (κ3) is 6.10. The molecule has 1 saturated heterocycles. The third-order valence-corrected chi connectivity index (χ3v) is 9.15. The Hall–Kier alpha value is -4.85. The molecule has 230 valence electrons. The number of phosphoric ester groups is 1. The van der Waals surface area contributed by atoms with Gasteiger partial charge in [0.15, 0.2) is 11.8 Å². The summed E-state index contributed by atoms with van der Waals surface area (Å²) < 4.78 is 38.3. The van der Waals surface area contributed by atoms with E-state index >= 15 is 0 Å². The molecule has 2 aliphatic rings. The van der Waals surface area contributed by atoms with Gasteiger partial charge in [-0.2, -0.15) is 4.57 Å². The molecule has 0 aliphatic carbocycles. The van der Waals surface area contributed by atoms with Crippen LogP contribution in [0.2, 0.25) is 0 Å². The number of benzene rings is 4. The van der Waals surface area contributed by atoms with Crippen LogP contribution in [-0.4, -0.2) is 34.0 Å². The summed E-state index contributed by atoms with van der Waals surface area (Å²) in [6.07, 6.45) is -1.81. The van der Waals surface area contributed by atoms with Crippen molar-refractivity contribution in [3.63, 3.8) is 0 Å². The quantitative estimate of drug-likeness (QED) is 0.112. The second-order valence-corrected chi connectivity index (χ2v) is 12.4. The fourth-order valence-electron chi connectivity index (χ4n) is 5.78. The Bertz CT molecular complexity index is 1650. The molecule has 0 bridgehead atoms. The predicted octanol–water partition coefficient (Wildman–Crippen LogP) is 6.67. The van der Waals surface area contributed by atoms with Crippen LogP contribution in [0.3, 0.4) is 0 Å². The monoisotopic (exact) mass is 625 g/mol. The lowest BCUT2D eigenvalue weighted by Gasteiger charge is -2.46. The van der Waals surface area contributed by atoms with Crippen molar-refractivity contribution in [2.24, 2.45) is 11.8 Å². The van der Waals surface area contributed by atoms with E-state index in [4.69, 9.17) is 18.3 Å². The van der Waals surface area contributed by atoms with Gasteiger partial charge in [0.05, 0.1) is 18.1 Å². The van der Waals surface area contributed by atoms with Crippen molar-refractivity contribution in [3.8, 4) is 11.5 Å². The van der Waals surface area contributed by atoms with Crippen LogP contribution >= 0.6 is 7.82 Å². The minimum Gasteiger partial charge on any atom is -0.448 e. The van der Waals surface area contributed by atoms with Gasteiger partial charge in [0, 0.05) is 5.92 Å². The number of rotatable bonds is 11. The zero-order valence-corrected chi connectivity index (χ0v) is 25.5. The molecule has 4 aromatic rings. The summed E-state index contributed by atoms with van der Waals surface area (Å²) >= 11 is 0. The number of carbonyl (C=O) groups is 2. The number of para-hydroxylation sites is 2. The molecule has 45 heavy (non-hydrogen) atoms. The summed E-state index contributed by atoms with van der Waals surface area (Å²) in [5.41, 5.74) is 1.22.